The highest BCUT2D eigenvalue weighted by molar-refractivity contribution is 4.83. The summed E-state index contributed by atoms with van der Waals surface area (Å²) in [5.74, 6) is 0.687. The summed E-state index contributed by atoms with van der Waals surface area (Å²) < 4.78 is 5.77. The van der Waals surface area contributed by atoms with E-state index in [2.05, 4.69) is 44.8 Å². The first-order valence-corrected chi connectivity index (χ1v) is 7.67. The van der Waals surface area contributed by atoms with Crippen LogP contribution in [-0.2, 0) is 4.74 Å². The largest absolute Gasteiger partial charge is 0.376 e. The van der Waals surface area contributed by atoms with Crippen LogP contribution >= 0.6 is 0 Å². The molecular weight excluding hydrogens is 224 g/mol. The normalized spacial score (nSPS) is 27.7. The molecule has 0 spiro atoms. The first-order valence-electron chi connectivity index (χ1n) is 7.67. The zero-order valence-electron chi connectivity index (χ0n) is 12.9. The van der Waals surface area contributed by atoms with Gasteiger partial charge in [0, 0.05) is 25.2 Å². The number of ether oxygens (including phenoxy) is 1. The summed E-state index contributed by atoms with van der Waals surface area (Å²) in [6, 6.07) is 1.20. The number of hydrogen-bond acceptors (Lipinski definition) is 3. The molecule has 1 rings (SSSR count). The third kappa shape index (κ3) is 4.87. The van der Waals surface area contributed by atoms with E-state index >= 15 is 0 Å². The molecule has 1 aliphatic rings. The van der Waals surface area contributed by atoms with E-state index in [-0.39, 0.29) is 0 Å². The molecule has 0 aromatic rings. The molecule has 108 valence electrons. The first kappa shape index (κ1) is 15.9. The number of nitrogens with zero attached hydrogens (tertiary/aromatic N) is 1. The Hall–Kier alpha value is -0.120. The highest BCUT2D eigenvalue weighted by Crippen LogP contribution is 2.16. The van der Waals surface area contributed by atoms with Crippen molar-refractivity contribution in [3.05, 3.63) is 0 Å². The lowest BCUT2D eigenvalue weighted by Gasteiger charge is -2.41. The molecule has 1 aliphatic heterocycles. The van der Waals surface area contributed by atoms with Crippen LogP contribution in [0.4, 0.5) is 0 Å². The predicted octanol–water partition coefficient (Wildman–Crippen LogP) is 2.51. The lowest BCUT2D eigenvalue weighted by atomic mass is 10.0. The lowest BCUT2D eigenvalue weighted by molar-refractivity contribution is -0.0599. The van der Waals surface area contributed by atoms with Gasteiger partial charge in [0.15, 0.2) is 0 Å². The highest BCUT2D eigenvalue weighted by atomic mass is 16.5. The molecule has 3 unspecified atom stereocenters. The zero-order chi connectivity index (χ0) is 13.5. The van der Waals surface area contributed by atoms with Crippen molar-refractivity contribution in [1.29, 1.82) is 0 Å². The Morgan fingerprint density at radius 1 is 1.33 bits per heavy atom. The molecule has 1 fully saturated rings. The van der Waals surface area contributed by atoms with Gasteiger partial charge >= 0.3 is 0 Å². The van der Waals surface area contributed by atoms with Crippen LogP contribution < -0.4 is 5.32 Å². The van der Waals surface area contributed by atoms with Crippen molar-refractivity contribution < 1.29 is 4.74 Å². The number of hydrogen-bond donors (Lipinski definition) is 1. The molecule has 0 amide bonds. The van der Waals surface area contributed by atoms with E-state index in [0.717, 1.165) is 26.2 Å². The van der Waals surface area contributed by atoms with E-state index in [1.807, 2.05) is 0 Å². The Bertz CT molecular complexity index is 221. The van der Waals surface area contributed by atoms with Crippen LogP contribution in [0, 0.1) is 5.92 Å². The maximum Gasteiger partial charge on any atom is 0.0674 e. The van der Waals surface area contributed by atoms with E-state index in [9.17, 15) is 0 Å². The lowest BCUT2D eigenvalue weighted by Crippen LogP contribution is -2.54. The molecule has 18 heavy (non-hydrogen) atoms. The van der Waals surface area contributed by atoms with Crippen LogP contribution in [0.3, 0.4) is 0 Å². The number of morpholine rings is 1. The van der Waals surface area contributed by atoms with Crippen LogP contribution in [0.5, 0.6) is 0 Å². The van der Waals surface area contributed by atoms with Crippen molar-refractivity contribution >= 4 is 0 Å². The van der Waals surface area contributed by atoms with Gasteiger partial charge in [-0.1, -0.05) is 27.7 Å². The van der Waals surface area contributed by atoms with E-state index in [1.54, 1.807) is 0 Å². The van der Waals surface area contributed by atoms with Gasteiger partial charge in [-0.3, -0.25) is 4.90 Å². The van der Waals surface area contributed by atoms with Crippen molar-refractivity contribution in [3.63, 3.8) is 0 Å². The minimum atomic E-state index is 0.381. The molecular formula is C15H32N2O. The summed E-state index contributed by atoms with van der Waals surface area (Å²) in [4.78, 5) is 2.63. The van der Waals surface area contributed by atoms with Gasteiger partial charge in [0.25, 0.3) is 0 Å². The van der Waals surface area contributed by atoms with Crippen molar-refractivity contribution in [1.82, 2.24) is 10.2 Å². The molecule has 1 saturated heterocycles. The average Bonchev–Trinajstić information content (AvgIpc) is 2.34. The molecule has 1 N–H and O–H groups in total. The van der Waals surface area contributed by atoms with Crippen molar-refractivity contribution in [2.24, 2.45) is 5.92 Å². The molecule has 0 radical (unpaired) electrons. The van der Waals surface area contributed by atoms with Crippen molar-refractivity contribution in [2.45, 2.75) is 65.6 Å². The molecule has 0 bridgehead atoms. The second-order valence-corrected chi connectivity index (χ2v) is 5.96. The Kier molecular flexibility index (Phi) is 7.20. The van der Waals surface area contributed by atoms with E-state index in [1.165, 1.54) is 12.8 Å². The first-order chi connectivity index (χ1) is 8.58. The Morgan fingerprint density at radius 2 is 2.06 bits per heavy atom. The van der Waals surface area contributed by atoms with Crippen LogP contribution in [0.2, 0.25) is 0 Å². The van der Waals surface area contributed by atoms with E-state index < -0.39 is 0 Å². The second-order valence-electron chi connectivity index (χ2n) is 5.96. The van der Waals surface area contributed by atoms with Gasteiger partial charge in [-0.05, 0) is 32.2 Å². The van der Waals surface area contributed by atoms with Gasteiger partial charge in [-0.2, -0.15) is 0 Å². The van der Waals surface area contributed by atoms with Crippen LogP contribution in [0.15, 0.2) is 0 Å². The number of rotatable bonds is 7. The van der Waals surface area contributed by atoms with Gasteiger partial charge in [0.05, 0.1) is 12.7 Å². The van der Waals surface area contributed by atoms with Gasteiger partial charge in [-0.25, -0.2) is 0 Å². The zero-order valence-corrected chi connectivity index (χ0v) is 12.9. The second kappa shape index (κ2) is 8.13. The standard InChI is InChI=1S/C15H32N2O/c1-6-8-16-15(12(3)4)10-17-9-13(5)18-11-14(17)7-2/h12-16H,6-11H2,1-5H3. The molecule has 0 aliphatic carbocycles. The fourth-order valence-electron chi connectivity index (χ4n) is 2.61. The van der Waals surface area contributed by atoms with E-state index in [4.69, 9.17) is 4.74 Å². The third-order valence-electron chi connectivity index (χ3n) is 3.94. The van der Waals surface area contributed by atoms with Gasteiger partial charge in [0.2, 0.25) is 0 Å². The van der Waals surface area contributed by atoms with Crippen LogP contribution in [0.25, 0.3) is 0 Å². The van der Waals surface area contributed by atoms with Crippen LogP contribution in [-0.4, -0.2) is 49.3 Å². The Morgan fingerprint density at radius 3 is 2.61 bits per heavy atom. The molecule has 3 nitrogen and oxygen atoms in total. The summed E-state index contributed by atoms with van der Waals surface area (Å²) >= 11 is 0. The molecule has 3 atom stereocenters. The van der Waals surface area contributed by atoms with Gasteiger partial charge in [-0.15, -0.1) is 0 Å². The topological polar surface area (TPSA) is 24.5 Å². The number of nitrogens with one attached hydrogen (secondary N) is 1. The fourth-order valence-corrected chi connectivity index (χ4v) is 2.61. The summed E-state index contributed by atoms with van der Waals surface area (Å²) in [6.07, 6.45) is 2.78. The van der Waals surface area contributed by atoms with Crippen LogP contribution in [0.1, 0.15) is 47.5 Å². The quantitative estimate of drug-likeness (QED) is 0.757. The van der Waals surface area contributed by atoms with Crippen molar-refractivity contribution in [3.8, 4) is 0 Å². The predicted molar refractivity (Wildman–Crippen MR) is 78.0 cm³/mol. The summed E-state index contributed by atoms with van der Waals surface area (Å²) in [5, 5.41) is 3.69. The van der Waals surface area contributed by atoms with Gasteiger partial charge in [0.1, 0.15) is 0 Å². The SMILES string of the molecule is CCCNC(CN1CC(C)OCC1CC)C(C)C. The summed E-state index contributed by atoms with van der Waals surface area (Å²) in [6.45, 7) is 15.6. The van der Waals surface area contributed by atoms with Gasteiger partial charge < -0.3 is 10.1 Å². The molecule has 3 heteroatoms. The summed E-state index contributed by atoms with van der Waals surface area (Å²) in [7, 11) is 0. The maximum atomic E-state index is 5.77. The average molecular weight is 256 g/mol. The minimum Gasteiger partial charge on any atom is -0.376 e. The molecule has 0 aromatic heterocycles. The Labute approximate surface area is 113 Å². The van der Waals surface area contributed by atoms with E-state index in [0.29, 0.717) is 24.1 Å². The Balaban J connectivity index is 2.53. The molecule has 0 saturated carbocycles. The smallest absolute Gasteiger partial charge is 0.0674 e. The monoisotopic (exact) mass is 256 g/mol. The molecule has 1 heterocycles. The highest BCUT2D eigenvalue weighted by Gasteiger charge is 2.28. The summed E-state index contributed by atoms with van der Waals surface area (Å²) in [5.41, 5.74) is 0. The minimum absolute atomic E-state index is 0.381. The third-order valence-corrected chi connectivity index (χ3v) is 3.94. The van der Waals surface area contributed by atoms with Crippen molar-refractivity contribution in [2.75, 3.05) is 26.2 Å². The maximum absolute atomic E-state index is 5.77. The fraction of sp³-hybridized carbons (Fsp3) is 1.00. The molecule has 0 aromatic carbocycles.